The second-order valence-electron chi connectivity index (χ2n) is 8.46. The van der Waals surface area contributed by atoms with Crippen LogP contribution in [0.15, 0.2) is 35.5 Å². The van der Waals surface area contributed by atoms with Gasteiger partial charge in [-0.1, -0.05) is 31.9 Å². The van der Waals surface area contributed by atoms with E-state index in [4.69, 9.17) is 4.74 Å². The Labute approximate surface area is 186 Å². The maximum atomic E-state index is 13.3. The summed E-state index contributed by atoms with van der Waals surface area (Å²) in [4.78, 5) is 38.9. The van der Waals surface area contributed by atoms with Crippen molar-refractivity contribution in [3.05, 3.63) is 41.1 Å². The monoisotopic (exact) mass is 444 g/mol. The average molecular weight is 445 g/mol. The number of nitrogens with zero attached hydrogens (tertiary/aromatic N) is 1. The van der Waals surface area contributed by atoms with E-state index in [0.717, 1.165) is 43.4 Å². The summed E-state index contributed by atoms with van der Waals surface area (Å²) < 4.78 is 5.72. The fraction of sp³-hybridized carbons (Fsp3) is 0.522. The van der Waals surface area contributed by atoms with Gasteiger partial charge >= 0.3 is 5.97 Å². The number of fused-ring (bicyclic) bond motifs is 1. The Hall–Kier alpha value is -2.48. The number of benzene rings is 1. The lowest BCUT2D eigenvalue weighted by molar-refractivity contribution is -0.151. The quantitative estimate of drug-likeness (QED) is 0.473. The zero-order valence-corrected chi connectivity index (χ0v) is 18.7. The van der Waals surface area contributed by atoms with Crippen molar-refractivity contribution in [1.29, 1.82) is 0 Å². The number of carbonyl (C=O) groups excluding carboxylic acids is 2. The Kier molecular flexibility index (Phi) is 6.01. The maximum absolute atomic E-state index is 13.3. The zero-order valence-electron chi connectivity index (χ0n) is 17.8. The van der Waals surface area contributed by atoms with Crippen LogP contribution in [-0.4, -0.2) is 51.6 Å². The first-order chi connectivity index (χ1) is 14.9. The lowest BCUT2D eigenvalue weighted by atomic mass is 9.63. The van der Waals surface area contributed by atoms with Gasteiger partial charge < -0.3 is 15.2 Å². The van der Waals surface area contributed by atoms with E-state index < -0.39 is 17.4 Å². The lowest BCUT2D eigenvalue weighted by Crippen LogP contribution is -2.72. The van der Waals surface area contributed by atoms with Crippen LogP contribution in [0.4, 0.5) is 0 Å². The first kappa shape index (κ1) is 21.7. The molecule has 0 aromatic heterocycles. The molecule has 2 heterocycles. The number of carbonyl (C=O) groups is 3. The largest absolute Gasteiger partial charge is 0.494 e. The molecule has 2 amide bonds. The summed E-state index contributed by atoms with van der Waals surface area (Å²) >= 11 is 1.49. The first-order valence-corrected chi connectivity index (χ1v) is 11.9. The van der Waals surface area contributed by atoms with Crippen LogP contribution in [0.3, 0.4) is 0 Å². The fourth-order valence-corrected chi connectivity index (χ4v) is 5.73. The van der Waals surface area contributed by atoms with Crippen LogP contribution in [-0.2, 0) is 19.8 Å². The van der Waals surface area contributed by atoms with Gasteiger partial charge in [0, 0.05) is 5.75 Å². The molecule has 1 aromatic rings. The van der Waals surface area contributed by atoms with Gasteiger partial charge in [0.05, 0.1) is 12.0 Å². The second kappa shape index (κ2) is 8.57. The molecule has 1 saturated carbocycles. The van der Waals surface area contributed by atoms with Crippen molar-refractivity contribution in [2.45, 2.75) is 62.8 Å². The van der Waals surface area contributed by atoms with Gasteiger partial charge in [-0.05, 0) is 49.5 Å². The molecule has 8 heteroatoms. The third kappa shape index (κ3) is 3.71. The molecule has 1 aromatic carbocycles. The van der Waals surface area contributed by atoms with Crippen LogP contribution in [0.5, 0.6) is 5.75 Å². The Bertz CT molecular complexity index is 922. The standard InChI is InChI=1S/C23H28N2O5S/c1-3-4-12-30-16-8-6-15(7-9-16)23(10-5-11-23)22(29)24-17-19(26)25-18(21(27)28)14(2)13-31-20(17)25/h6-9,17,20H,3-5,10-13H2,1-2H3,(H,24,29)(H,27,28)/t17-,20+/m0/s1. The van der Waals surface area contributed by atoms with Crippen LogP contribution >= 0.6 is 11.8 Å². The number of nitrogens with one attached hydrogen (secondary N) is 1. The minimum Gasteiger partial charge on any atom is -0.494 e. The predicted octanol–water partition coefficient (Wildman–Crippen LogP) is 3.05. The SMILES string of the molecule is CCCCOc1ccc(C2(C(=O)N[C@H]3C(=O)N4C(C(=O)O)=C(C)CS[C@H]34)CCC2)cc1. The van der Waals surface area contributed by atoms with Crippen molar-refractivity contribution >= 4 is 29.5 Å². The van der Waals surface area contributed by atoms with Crippen LogP contribution in [0.1, 0.15) is 51.5 Å². The molecule has 2 atom stereocenters. The minimum absolute atomic E-state index is 0.0521. The number of rotatable bonds is 8. The third-order valence-electron chi connectivity index (χ3n) is 6.46. The highest BCUT2D eigenvalue weighted by Crippen LogP contribution is 2.46. The first-order valence-electron chi connectivity index (χ1n) is 10.8. The number of β-lactam (4-membered cyclic amide) rings is 1. The highest BCUT2D eigenvalue weighted by Gasteiger charge is 2.56. The number of aliphatic carboxylic acids is 1. The minimum atomic E-state index is -1.10. The van der Waals surface area contributed by atoms with Gasteiger partial charge in [0.2, 0.25) is 5.91 Å². The van der Waals surface area contributed by atoms with E-state index in [2.05, 4.69) is 12.2 Å². The molecule has 3 aliphatic rings. The summed E-state index contributed by atoms with van der Waals surface area (Å²) in [7, 11) is 0. The van der Waals surface area contributed by atoms with Crippen LogP contribution in [0.25, 0.3) is 0 Å². The summed E-state index contributed by atoms with van der Waals surface area (Å²) in [5.41, 5.74) is 1.02. The molecule has 2 N–H and O–H groups in total. The summed E-state index contributed by atoms with van der Waals surface area (Å²) in [5, 5.41) is 12.1. The Balaban J connectivity index is 1.46. The van der Waals surface area contributed by atoms with E-state index >= 15 is 0 Å². The van der Waals surface area contributed by atoms with Crippen LogP contribution < -0.4 is 10.1 Å². The van der Waals surface area contributed by atoms with Gasteiger partial charge in [-0.2, -0.15) is 0 Å². The maximum Gasteiger partial charge on any atom is 0.352 e. The highest BCUT2D eigenvalue weighted by molar-refractivity contribution is 8.00. The molecule has 0 unspecified atom stereocenters. The molecule has 4 rings (SSSR count). The summed E-state index contributed by atoms with van der Waals surface area (Å²) in [5.74, 6) is -0.277. The number of amides is 2. The molecule has 7 nitrogen and oxygen atoms in total. The van der Waals surface area contributed by atoms with E-state index in [1.165, 1.54) is 16.7 Å². The van der Waals surface area contributed by atoms with E-state index in [0.29, 0.717) is 17.9 Å². The Morgan fingerprint density at radius 1 is 1.29 bits per heavy atom. The molecular weight excluding hydrogens is 416 g/mol. The molecule has 31 heavy (non-hydrogen) atoms. The molecule has 0 bridgehead atoms. The lowest BCUT2D eigenvalue weighted by Gasteiger charge is -2.51. The van der Waals surface area contributed by atoms with E-state index in [9.17, 15) is 19.5 Å². The third-order valence-corrected chi connectivity index (χ3v) is 7.89. The number of hydrogen-bond donors (Lipinski definition) is 2. The number of ether oxygens (including phenoxy) is 1. The average Bonchev–Trinajstić information content (AvgIpc) is 2.72. The molecule has 2 aliphatic heterocycles. The van der Waals surface area contributed by atoms with Gasteiger partial charge in [-0.15, -0.1) is 11.8 Å². The molecule has 0 spiro atoms. The molecule has 1 saturated heterocycles. The van der Waals surface area contributed by atoms with Crippen molar-refractivity contribution in [3.8, 4) is 5.75 Å². The van der Waals surface area contributed by atoms with Crippen LogP contribution in [0, 0.1) is 0 Å². The van der Waals surface area contributed by atoms with E-state index in [1.54, 1.807) is 6.92 Å². The van der Waals surface area contributed by atoms with Crippen molar-refractivity contribution in [2.24, 2.45) is 0 Å². The highest BCUT2D eigenvalue weighted by atomic mass is 32.2. The van der Waals surface area contributed by atoms with E-state index in [1.807, 2.05) is 24.3 Å². The molecule has 1 aliphatic carbocycles. The molecule has 166 valence electrons. The second-order valence-corrected chi connectivity index (χ2v) is 9.56. The normalized spacial score (nSPS) is 24.1. The Morgan fingerprint density at radius 2 is 2.00 bits per heavy atom. The van der Waals surface area contributed by atoms with Crippen molar-refractivity contribution in [1.82, 2.24) is 10.2 Å². The smallest absolute Gasteiger partial charge is 0.352 e. The van der Waals surface area contributed by atoms with Crippen molar-refractivity contribution in [2.75, 3.05) is 12.4 Å². The fourth-order valence-electron chi connectivity index (χ4n) is 4.44. The van der Waals surface area contributed by atoms with Crippen LogP contribution in [0.2, 0.25) is 0 Å². The Morgan fingerprint density at radius 3 is 2.58 bits per heavy atom. The summed E-state index contributed by atoms with van der Waals surface area (Å²) in [6, 6.07) is 7.00. The number of carboxylic acids is 1. The van der Waals surface area contributed by atoms with Gasteiger partial charge in [-0.3, -0.25) is 14.5 Å². The van der Waals surface area contributed by atoms with Gasteiger partial charge in [-0.25, -0.2) is 4.79 Å². The summed E-state index contributed by atoms with van der Waals surface area (Å²) in [6.45, 7) is 4.52. The number of unbranched alkanes of at least 4 members (excludes halogenated alkanes) is 1. The number of thioether (sulfide) groups is 1. The van der Waals surface area contributed by atoms with Crippen molar-refractivity contribution in [3.63, 3.8) is 0 Å². The van der Waals surface area contributed by atoms with Gasteiger partial charge in [0.25, 0.3) is 5.91 Å². The van der Waals surface area contributed by atoms with Gasteiger partial charge in [0.1, 0.15) is 22.9 Å². The van der Waals surface area contributed by atoms with E-state index in [-0.39, 0.29) is 22.9 Å². The topological polar surface area (TPSA) is 95.9 Å². The number of hydrogen-bond acceptors (Lipinski definition) is 5. The predicted molar refractivity (Wildman–Crippen MR) is 118 cm³/mol. The van der Waals surface area contributed by atoms with Crippen molar-refractivity contribution < 1.29 is 24.2 Å². The molecular formula is C23H28N2O5S. The van der Waals surface area contributed by atoms with Gasteiger partial charge in [0.15, 0.2) is 0 Å². The zero-order chi connectivity index (χ0) is 22.2. The summed E-state index contributed by atoms with van der Waals surface area (Å²) in [6.07, 6.45) is 4.49. The number of carboxylic acid groups (broad SMARTS) is 1. The molecule has 2 fully saturated rings. The molecule has 0 radical (unpaired) electrons.